The molecule has 78 valence electrons. The SMILES string of the molecule is O=C1C2CC3CC(C2)CC1(CCO)C3. The van der Waals surface area contributed by atoms with E-state index in [4.69, 9.17) is 5.11 Å². The van der Waals surface area contributed by atoms with Crippen LogP contribution in [0, 0.1) is 23.2 Å². The summed E-state index contributed by atoms with van der Waals surface area (Å²) < 4.78 is 0. The molecule has 0 amide bonds. The predicted molar refractivity (Wildman–Crippen MR) is 52.7 cm³/mol. The van der Waals surface area contributed by atoms with Crippen LogP contribution in [0.3, 0.4) is 0 Å². The largest absolute Gasteiger partial charge is 0.396 e. The average molecular weight is 194 g/mol. The summed E-state index contributed by atoms with van der Waals surface area (Å²) in [6.45, 7) is 0.192. The van der Waals surface area contributed by atoms with Gasteiger partial charge in [-0.25, -0.2) is 0 Å². The molecule has 4 rings (SSSR count). The van der Waals surface area contributed by atoms with Gasteiger partial charge in [-0.05, 0) is 50.4 Å². The molecule has 0 saturated heterocycles. The van der Waals surface area contributed by atoms with Gasteiger partial charge in [0.25, 0.3) is 0 Å². The standard InChI is InChI=1S/C12H18O2/c13-2-1-12-6-8-3-9(7-12)5-10(4-8)11(12)14/h8-10,13H,1-7H2. The summed E-state index contributed by atoms with van der Waals surface area (Å²) in [6, 6.07) is 0. The van der Waals surface area contributed by atoms with Crippen molar-refractivity contribution in [3.63, 3.8) is 0 Å². The van der Waals surface area contributed by atoms with Crippen LogP contribution in [0.2, 0.25) is 0 Å². The van der Waals surface area contributed by atoms with E-state index in [-0.39, 0.29) is 12.0 Å². The Labute approximate surface area is 84.7 Å². The molecule has 0 aromatic carbocycles. The number of aliphatic hydroxyl groups is 1. The van der Waals surface area contributed by atoms with E-state index in [0.717, 1.165) is 43.9 Å². The maximum absolute atomic E-state index is 12.2. The molecule has 0 heterocycles. The molecule has 2 heteroatoms. The number of rotatable bonds is 2. The third kappa shape index (κ3) is 1.04. The van der Waals surface area contributed by atoms with Gasteiger partial charge in [0.15, 0.2) is 0 Å². The first-order chi connectivity index (χ1) is 6.73. The van der Waals surface area contributed by atoms with Gasteiger partial charge in [0.2, 0.25) is 0 Å². The topological polar surface area (TPSA) is 37.3 Å². The molecular weight excluding hydrogens is 176 g/mol. The molecule has 0 aromatic rings. The van der Waals surface area contributed by atoms with Gasteiger partial charge in [0.05, 0.1) is 0 Å². The highest BCUT2D eigenvalue weighted by molar-refractivity contribution is 5.89. The van der Waals surface area contributed by atoms with Crippen LogP contribution in [-0.2, 0) is 4.79 Å². The summed E-state index contributed by atoms with van der Waals surface area (Å²) in [5.74, 6) is 2.47. The first kappa shape index (κ1) is 8.90. The number of hydrogen-bond acceptors (Lipinski definition) is 2. The Hall–Kier alpha value is -0.370. The fourth-order valence-electron chi connectivity index (χ4n) is 4.48. The highest BCUT2D eigenvalue weighted by Crippen LogP contribution is 2.59. The summed E-state index contributed by atoms with van der Waals surface area (Å²) in [4.78, 5) is 12.2. The first-order valence-corrected chi connectivity index (χ1v) is 5.89. The quantitative estimate of drug-likeness (QED) is 0.727. The fourth-order valence-corrected chi connectivity index (χ4v) is 4.48. The minimum atomic E-state index is -0.0799. The van der Waals surface area contributed by atoms with Gasteiger partial charge in [0.1, 0.15) is 5.78 Å². The molecule has 4 saturated carbocycles. The number of carbonyl (C=O) groups is 1. The molecular formula is C12H18O2. The summed E-state index contributed by atoms with van der Waals surface area (Å²) >= 11 is 0. The highest BCUT2D eigenvalue weighted by Gasteiger charge is 2.56. The van der Waals surface area contributed by atoms with Gasteiger partial charge in [-0.1, -0.05) is 0 Å². The maximum Gasteiger partial charge on any atom is 0.142 e. The Balaban J connectivity index is 1.93. The van der Waals surface area contributed by atoms with E-state index in [1.807, 2.05) is 0 Å². The number of ketones is 1. The lowest BCUT2D eigenvalue weighted by molar-refractivity contribution is -0.154. The van der Waals surface area contributed by atoms with E-state index in [1.165, 1.54) is 6.42 Å². The van der Waals surface area contributed by atoms with Crippen molar-refractivity contribution in [3.8, 4) is 0 Å². The number of aliphatic hydroxyl groups excluding tert-OH is 1. The van der Waals surface area contributed by atoms with E-state index in [1.54, 1.807) is 0 Å². The van der Waals surface area contributed by atoms with Crippen LogP contribution < -0.4 is 0 Å². The Morgan fingerprint density at radius 3 is 2.43 bits per heavy atom. The van der Waals surface area contributed by atoms with Crippen molar-refractivity contribution >= 4 is 5.78 Å². The second-order valence-electron chi connectivity index (χ2n) is 5.66. The van der Waals surface area contributed by atoms with Crippen molar-refractivity contribution in [1.82, 2.24) is 0 Å². The molecule has 14 heavy (non-hydrogen) atoms. The zero-order valence-electron chi connectivity index (χ0n) is 8.54. The highest BCUT2D eigenvalue weighted by atomic mass is 16.3. The van der Waals surface area contributed by atoms with Gasteiger partial charge in [0, 0.05) is 17.9 Å². The molecule has 2 atom stereocenters. The van der Waals surface area contributed by atoms with Crippen LogP contribution in [0.4, 0.5) is 0 Å². The molecule has 4 aliphatic rings. The molecule has 0 radical (unpaired) electrons. The van der Waals surface area contributed by atoms with E-state index >= 15 is 0 Å². The molecule has 1 N–H and O–H groups in total. The summed E-state index contributed by atoms with van der Waals surface area (Å²) in [6.07, 6.45) is 6.57. The van der Waals surface area contributed by atoms with E-state index in [2.05, 4.69) is 0 Å². The van der Waals surface area contributed by atoms with Crippen molar-refractivity contribution in [2.45, 2.75) is 38.5 Å². The maximum atomic E-state index is 12.2. The predicted octanol–water partition coefficient (Wildman–Crippen LogP) is 1.76. The van der Waals surface area contributed by atoms with E-state index < -0.39 is 0 Å². The molecule has 2 nitrogen and oxygen atoms in total. The second-order valence-corrected chi connectivity index (χ2v) is 5.66. The lowest BCUT2D eigenvalue weighted by Crippen LogP contribution is -2.53. The van der Waals surface area contributed by atoms with E-state index in [0.29, 0.717) is 11.7 Å². The van der Waals surface area contributed by atoms with Crippen LogP contribution in [0.15, 0.2) is 0 Å². The van der Waals surface area contributed by atoms with Gasteiger partial charge >= 0.3 is 0 Å². The fraction of sp³-hybridized carbons (Fsp3) is 0.917. The molecule has 4 fully saturated rings. The first-order valence-electron chi connectivity index (χ1n) is 5.89. The molecule has 0 aromatic heterocycles. The van der Waals surface area contributed by atoms with Gasteiger partial charge in [-0.3, -0.25) is 4.79 Å². The zero-order chi connectivity index (χ0) is 9.76. The third-order valence-electron chi connectivity index (χ3n) is 4.75. The van der Waals surface area contributed by atoms with Gasteiger partial charge in [-0.2, -0.15) is 0 Å². The van der Waals surface area contributed by atoms with E-state index in [9.17, 15) is 4.79 Å². The minimum absolute atomic E-state index is 0.0799. The van der Waals surface area contributed by atoms with Crippen LogP contribution >= 0.6 is 0 Å². The van der Waals surface area contributed by atoms with Gasteiger partial charge < -0.3 is 5.11 Å². The number of carbonyl (C=O) groups excluding carboxylic acids is 1. The zero-order valence-corrected chi connectivity index (χ0v) is 8.54. The number of Topliss-reactive ketones (excluding diaryl/α,β-unsaturated/α-hetero) is 1. The smallest absolute Gasteiger partial charge is 0.142 e. The third-order valence-corrected chi connectivity index (χ3v) is 4.75. The normalized spacial score (nSPS) is 50.1. The van der Waals surface area contributed by atoms with Crippen molar-refractivity contribution in [3.05, 3.63) is 0 Å². The van der Waals surface area contributed by atoms with Crippen LogP contribution in [-0.4, -0.2) is 17.5 Å². The lowest BCUT2D eigenvalue weighted by atomic mass is 9.48. The Morgan fingerprint density at radius 2 is 1.86 bits per heavy atom. The van der Waals surface area contributed by atoms with Crippen molar-refractivity contribution < 1.29 is 9.90 Å². The number of hydrogen-bond donors (Lipinski definition) is 1. The Bertz CT molecular complexity index is 257. The van der Waals surface area contributed by atoms with Crippen LogP contribution in [0.25, 0.3) is 0 Å². The van der Waals surface area contributed by atoms with Crippen molar-refractivity contribution in [2.75, 3.05) is 6.61 Å². The van der Waals surface area contributed by atoms with Crippen molar-refractivity contribution in [1.29, 1.82) is 0 Å². The molecule has 2 unspecified atom stereocenters. The minimum Gasteiger partial charge on any atom is -0.396 e. The Morgan fingerprint density at radius 1 is 1.21 bits per heavy atom. The summed E-state index contributed by atoms with van der Waals surface area (Å²) in [7, 11) is 0. The average Bonchev–Trinajstić information content (AvgIpc) is 2.13. The van der Waals surface area contributed by atoms with Gasteiger partial charge in [-0.15, -0.1) is 0 Å². The molecule has 0 aliphatic heterocycles. The summed E-state index contributed by atoms with van der Waals surface area (Å²) in [5.41, 5.74) is -0.0799. The van der Waals surface area contributed by atoms with Crippen LogP contribution in [0.5, 0.6) is 0 Å². The molecule has 4 aliphatic carbocycles. The summed E-state index contributed by atoms with van der Waals surface area (Å²) in [5, 5.41) is 9.09. The van der Waals surface area contributed by atoms with Crippen molar-refractivity contribution in [2.24, 2.45) is 23.2 Å². The second kappa shape index (κ2) is 2.82. The van der Waals surface area contributed by atoms with Crippen LogP contribution in [0.1, 0.15) is 38.5 Å². The molecule has 0 spiro atoms. The lowest BCUT2D eigenvalue weighted by Gasteiger charge is -2.55. The molecule has 4 bridgehead atoms. The monoisotopic (exact) mass is 194 g/mol. The Kier molecular flexibility index (Phi) is 1.79.